The van der Waals surface area contributed by atoms with Gasteiger partial charge >= 0.3 is 0 Å². The molecule has 2 aromatic rings. The van der Waals surface area contributed by atoms with Gasteiger partial charge in [0, 0.05) is 13.7 Å². The normalized spacial score (nSPS) is 10.8. The number of carbonyl (C=O) groups is 1. The number of rotatable bonds is 7. The minimum atomic E-state index is -0.239. The fraction of sp³-hybridized carbons (Fsp3) is 0.308. The zero-order chi connectivity index (χ0) is 16.8. The molecule has 0 saturated carbocycles. The highest BCUT2D eigenvalue weighted by atomic mass is 35.5. The van der Waals surface area contributed by atoms with Gasteiger partial charge in [0.05, 0.1) is 33.1 Å². The largest absolute Gasteiger partial charge is 0.383 e. The van der Waals surface area contributed by atoms with Crippen LogP contribution in [0.1, 0.15) is 0 Å². The second-order valence-corrected chi connectivity index (χ2v) is 6.55. The molecule has 23 heavy (non-hydrogen) atoms. The van der Waals surface area contributed by atoms with Crippen LogP contribution in [-0.4, -0.2) is 40.1 Å². The molecule has 0 aliphatic rings. The summed E-state index contributed by atoms with van der Waals surface area (Å²) in [6.07, 6.45) is 1.59. The van der Waals surface area contributed by atoms with Gasteiger partial charge in [0.1, 0.15) is 6.33 Å². The number of benzene rings is 1. The van der Waals surface area contributed by atoms with Crippen molar-refractivity contribution in [2.45, 2.75) is 11.7 Å². The van der Waals surface area contributed by atoms with Crippen LogP contribution in [0, 0.1) is 0 Å². The van der Waals surface area contributed by atoms with Crippen LogP contribution in [-0.2, 0) is 16.1 Å². The van der Waals surface area contributed by atoms with Crippen molar-refractivity contribution in [1.29, 1.82) is 0 Å². The summed E-state index contributed by atoms with van der Waals surface area (Å²) in [7, 11) is 1.62. The van der Waals surface area contributed by atoms with Crippen molar-refractivity contribution in [2.75, 3.05) is 24.8 Å². The number of halogens is 3. The Hall–Kier alpha value is -0.990. The van der Waals surface area contributed by atoms with Crippen LogP contribution >= 0.6 is 46.6 Å². The van der Waals surface area contributed by atoms with Gasteiger partial charge in [-0.25, -0.2) is 0 Å². The zero-order valence-electron chi connectivity index (χ0n) is 12.1. The predicted molar refractivity (Wildman–Crippen MR) is 92.7 cm³/mol. The maximum absolute atomic E-state index is 12.0. The Balaban J connectivity index is 1.93. The highest BCUT2D eigenvalue weighted by Crippen LogP contribution is 2.32. The van der Waals surface area contributed by atoms with Gasteiger partial charge in [-0.15, -0.1) is 10.2 Å². The van der Waals surface area contributed by atoms with Crippen molar-refractivity contribution < 1.29 is 9.53 Å². The summed E-state index contributed by atoms with van der Waals surface area (Å²) >= 11 is 19.1. The fourth-order valence-corrected chi connectivity index (χ4v) is 2.97. The van der Waals surface area contributed by atoms with Gasteiger partial charge in [-0.05, 0) is 12.1 Å². The van der Waals surface area contributed by atoms with Crippen molar-refractivity contribution in [3.05, 3.63) is 33.5 Å². The van der Waals surface area contributed by atoms with Gasteiger partial charge in [-0.1, -0.05) is 46.6 Å². The summed E-state index contributed by atoms with van der Waals surface area (Å²) in [5.41, 5.74) is 0.410. The van der Waals surface area contributed by atoms with Crippen LogP contribution in [0.25, 0.3) is 0 Å². The summed E-state index contributed by atoms with van der Waals surface area (Å²) < 4.78 is 6.82. The van der Waals surface area contributed by atoms with Crippen LogP contribution in [0.4, 0.5) is 5.69 Å². The Labute approximate surface area is 152 Å². The smallest absolute Gasteiger partial charge is 0.234 e. The van der Waals surface area contributed by atoms with Crippen molar-refractivity contribution in [3.8, 4) is 0 Å². The monoisotopic (exact) mass is 394 g/mol. The molecule has 10 heteroatoms. The van der Waals surface area contributed by atoms with E-state index in [0.717, 1.165) is 0 Å². The first kappa shape index (κ1) is 18.4. The number of nitrogens with zero attached hydrogens (tertiary/aromatic N) is 3. The van der Waals surface area contributed by atoms with E-state index in [0.29, 0.717) is 39.1 Å². The number of hydrogen-bond donors (Lipinski definition) is 1. The summed E-state index contributed by atoms with van der Waals surface area (Å²) in [4.78, 5) is 12.0. The maximum Gasteiger partial charge on any atom is 0.234 e. The van der Waals surface area contributed by atoms with Crippen LogP contribution in [0.15, 0.2) is 23.6 Å². The summed E-state index contributed by atoms with van der Waals surface area (Å²) in [5, 5.41) is 12.1. The van der Waals surface area contributed by atoms with E-state index in [2.05, 4.69) is 15.5 Å². The van der Waals surface area contributed by atoms with Crippen LogP contribution in [0.5, 0.6) is 0 Å². The van der Waals surface area contributed by atoms with Crippen molar-refractivity contribution in [2.24, 2.45) is 0 Å². The van der Waals surface area contributed by atoms with Crippen LogP contribution in [0.3, 0.4) is 0 Å². The lowest BCUT2D eigenvalue weighted by Crippen LogP contribution is -2.15. The topological polar surface area (TPSA) is 69.0 Å². The highest BCUT2D eigenvalue weighted by Gasteiger charge is 2.12. The predicted octanol–water partition coefficient (Wildman–Crippen LogP) is 3.62. The third-order valence-corrected chi connectivity index (χ3v) is 4.75. The molecule has 1 aromatic carbocycles. The third-order valence-electron chi connectivity index (χ3n) is 2.73. The van der Waals surface area contributed by atoms with Gasteiger partial charge in [0.15, 0.2) is 5.16 Å². The Morgan fingerprint density at radius 3 is 2.78 bits per heavy atom. The lowest BCUT2D eigenvalue weighted by molar-refractivity contribution is -0.113. The zero-order valence-corrected chi connectivity index (χ0v) is 15.1. The van der Waals surface area contributed by atoms with Gasteiger partial charge in [-0.2, -0.15) is 0 Å². The Kier molecular flexibility index (Phi) is 6.98. The maximum atomic E-state index is 12.0. The molecular weight excluding hydrogens is 383 g/mol. The number of thioether (sulfide) groups is 1. The van der Waals surface area contributed by atoms with E-state index >= 15 is 0 Å². The average Bonchev–Trinajstić information content (AvgIpc) is 2.96. The molecule has 0 radical (unpaired) electrons. The summed E-state index contributed by atoms with van der Waals surface area (Å²) in [6, 6.07) is 2.99. The Morgan fingerprint density at radius 2 is 2.04 bits per heavy atom. The van der Waals surface area contributed by atoms with Crippen molar-refractivity contribution in [3.63, 3.8) is 0 Å². The molecule has 0 atom stereocenters. The Bertz CT molecular complexity index is 696. The molecule has 1 N–H and O–H groups in total. The quantitative estimate of drug-likeness (QED) is 0.573. The lowest BCUT2D eigenvalue weighted by atomic mass is 10.3. The van der Waals surface area contributed by atoms with E-state index < -0.39 is 0 Å². The average molecular weight is 396 g/mol. The standard InChI is InChI=1S/C13H13Cl3N4O2S/c1-22-3-2-20-7-17-19-13(20)23-6-12(21)18-11-5-9(15)8(14)4-10(11)16/h4-5,7H,2-3,6H2,1H3,(H,18,21). The van der Waals surface area contributed by atoms with Gasteiger partial charge in [0.2, 0.25) is 5.91 Å². The van der Waals surface area contributed by atoms with E-state index in [9.17, 15) is 4.79 Å². The fourth-order valence-electron chi connectivity index (χ4n) is 1.63. The van der Waals surface area contributed by atoms with Crippen molar-refractivity contribution >= 4 is 58.2 Å². The van der Waals surface area contributed by atoms with Crippen LogP contribution < -0.4 is 5.32 Å². The molecule has 0 saturated heterocycles. The highest BCUT2D eigenvalue weighted by molar-refractivity contribution is 7.99. The number of hydrogen-bond acceptors (Lipinski definition) is 5. The van der Waals surface area contributed by atoms with Gasteiger partial charge in [-0.3, -0.25) is 4.79 Å². The SMILES string of the molecule is COCCn1cnnc1SCC(=O)Nc1cc(Cl)c(Cl)cc1Cl. The van der Waals surface area contributed by atoms with E-state index in [1.54, 1.807) is 13.4 Å². The minimum absolute atomic E-state index is 0.155. The van der Waals surface area contributed by atoms with Gasteiger partial charge < -0.3 is 14.6 Å². The lowest BCUT2D eigenvalue weighted by Gasteiger charge is -2.09. The molecule has 124 valence electrons. The molecule has 0 unspecified atom stereocenters. The minimum Gasteiger partial charge on any atom is -0.383 e. The van der Waals surface area contributed by atoms with Gasteiger partial charge in [0.25, 0.3) is 0 Å². The molecular formula is C13H13Cl3N4O2S. The first-order valence-electron chi connectivity index (χ1n) is 6.45. The molecule has 0 fully saturated rings. The molecule has 0 aliphatic carbocycles. The van der Waals surface area contributed by atoms with E-state index in [4.69, 9.17) is 39.5 Å². The number of carbonyl (C=O) groups excluding carboxylic acids is 1. The second kappa shape index (κ2) is 8.75. The summed E-state index contributed by atoms with van der Waals surface area (Å²) in [5.74, 6) is -0.0843. The number of amides is 1. The molecule has 6 nitrogen and oxygen atoms in total. The van der Waals surface area contributed by atoms with E-state index in [1.807, 2.05) is 4.57 Å². The molecule has 1 amide bonds. The number of methoxy groups -OCH3 is 1. The van der Waals surface area contributed by atoms with E-state index in [-0.39, 0.29) is 11.7 Å². The number of ether oxygens (including phenoxy) is 1. The van der Waals surface area contributed by atoms with Crippen LogP contribution in [0.2, 0.25) is 15.1 Å². The van der Waals surface area contributed by atoms with E-state index in [1.165, 1.54) is 23.9 Å². The molecule has 0 aliphatic heterocycles. The van der Waals surface area contributed by atoms with Crippen molar-refractivity contribution in [1.82, 2.24) is 14.8 Å². The first-order chi connectivity index (χ1) is 11.0. The molecule has 0 spiro atoms. The first-order valence-corrected chi connectivity index (χ1v) is 8.57. The molecule has 1 heterocycles. The summed E-state index contributed by atoms with van der Waals surface area (Å²) in [6.45, 7) is 1.16. The number of nitrogens with one attached hydrogen (secondary N) is 1. The molecule has 0 bridgehead atoms. The third kappa shape index (κ3) is 5.26. The molecule has 2 rings (SSSR count). The number of anilines is 1. The second-order valence-electron chi connectivity index (χ2n) is 4.38. The Morgan fingerprint density at radius 1 is 1.30 bits per heavy atom. The number of aromatic nitrogens is 3. The molecule has 1 aromatic heterocycles.